The molecule has 0 aliphatic carbocycles. The molecular formula is C19H17FN2O3. The third-order valence-electron chi connectivity index (χ3n) is 3.75. The highest BCUT2D eigenvalue weighted by molar-refractivity contribution is 5.91. The van der Waals surface area contributed by atoms with Crippen molar-refractivity contribution in [2.45, 2.75) is 13.1 Å². The second-order valence-electron chi connectivity index (χ2n) is 5.72. The van der Waals surface area contributed by atoms with E-state index in [2.05, 4.69) is 0 Å². The van der Waals surface area contributed by atoms with E-state index in [9.17, 15) is 14.0 Å². The van der Waals surface area contributed by atoms with E-state index < -0.39 is 0 Å². The Kier molecular flexibility index (Phi) is 4.79. The van der Waals surface area contributed by atoms with Crippen LogP contribution in [0.5, 0.6) is 0 Å². The van der Waals surface area contributed by atoms with E-state index in [1.807, 2.05) is 0 Å². The summed E-state index contributed by atoms with van der Waals surface area (Å²) in [5.74, 6) is 0.0385. The van der Waals surface area contributed by atoms with Crippen molar-refractivity contribution in [2.75, 3.05) is 7.05 Å². The number of rotatable bonds is 5. The highest BCUT2D eigenvalue weighted by atomic mass is 19.1. The van der Waals surface area contributed by atoms with E-state index in [1.165, 1.54) is 27.7 Å². The smallest absolute Gasteiger partial charge is 0.289 e. The summed E-state index contributed by atoms with van der Waals surface area (Å²) in [4.78, 5) is 25.6. The molecular weight excluding hydrogens is 323 g/mol. The molecule has 1 aromatic carbocycles. The van der Waals surface area contributed by atoms with Crippen molar-refractivity contribution >= 4 is 5.91 Å². The minimum Gasteiger partial charge on any atom is -0.454 e. The van der Waals surface area contributed by atoms with Crippen molar-refractivity contribution in [1.29, 1.82) is 0 Å². The lowest BCUT2D eigenvalue weighted by molar-refractivity contribution is 0.0751. The Morgan fingerprint density at radius 1 is 1.16 bits per heavy atom. The largest absolute Gasteiger partial charge is 0.454 e. The number of halogens is 1. The molecule has 5 nitrogen and oxygen atoms in total. The molecule has 2 heterocycles. The SMILES string of the molecule is CN(Cc1cccc(F)c1)C(=O)c1ccc(Cn2ccccc2=O)o1. The Morgan fingerprint density at radius 2 is 2.00 bits per heavy atom. The summed E-state index contributed by atoms with van der Waals surface area (Å²) < 4.78 is 20.3. The van der Waals surface area contributed by atoms with Gasteiger partial charge in [-0.2, -0.15) is 0 Å². The normalized spacial score (nSPS) is 10.6. The molecule has 2 aromatic heterocycles. The van der Waals surface area contributed by atoms with Gasteiger partial charge in [0, 0.05) is 25.9 Å². The van der Waals surface area contributed by atoms with Crippen molar-refractivity contribution in [2.24, 2.45) is 0 Å². The van der Waals surface area contributed by atoms with Gasteiger partial charge in [0.1, 0.15) is 11.6 Å². The van der Waals surface area contributed by atoms with Gasteiger partial charge >= 0.3 is 0 Å². The van der Waals surface area contributed by atoms with Gasteiger partial charge in [-0.15, -0.1) is 0 Å². The van der Waals surface area contributed by atoms with Crippen LogP contribution in [0.4, 0.5) is 4.39 Å². The summed E-state index contributed by atoms with van der Waals surface area (Å²) in [6, 6.07) is 14.2. The number of carbonyl (C=O) groups is 1. The fraction of sp³-hybridized carbons (Fsp3) is 0.158. The zero-order chi connectivity index (χ0) is 17.8. The number of aromatic nitrogens is 1. The first-order chi connectivity index (χ1) is 12.0. The molecule has 1 amide bonds. The predicted molar refractivity (Wildman–Crippen MR) is 90.7 cm³/mol. The molecule has 0 saturated carbocycles. The molecule has 3 rings (SSSR count). The molecule has 3 aromatic rings. The van der Waals surface area contributed by atoms with Gasteiger partial charge in [0.15, 0.2) is 5.76 Å². The van der Waals surface area contributed by atoms with Crippen LogP contribution in [0.25, 0.3) is 0 Å². The van der Waals surface area contributed by atoms with Gasteiger partial charge in [0.2, 0.25) is 0 Å². The number of pyridine rings is 1. The second-order valence-corrected chi connectivity index (χ2v) is 5.72. The van der Waals surface area contributed by atoms with E-state index in [0.717, 1.165) is 0 Å². The zero-order valence-electron chi connectivity index (χ0n) is 13.7. The molecule has 128 valence electrons. The number of hydrogen-bond acceptors (Lipinski definition) is 3. The third kappa shape index (κ3) is 4.03. The lowest BCUT2D eigenvalue weighted by Crippen LogP contribution is -2.25. The number of hydrogen-bond donors (Lipinski definition) is 0. The van der Waals surface area contributed by atoms with Crippen LogP contribution in [-0.4, -0.2) is 22.4 Å². The van der Waals surface area contributed by atoms with Gasteiger partial charge in [-0.3, -0.25) is 9.59 Å². The number of nitrogens with zero attached hydrogens (tertiary/aromatic N) is 2. The molecule has 0 aliphatic rings. The van der Waals surface area contributed by atoms with Crippen LogP contribution in [0, 0.1) is 5.82 Å². The van der Waals surface area contributed by atoms with Crippen molar-refractivity contribution < 1.29 is 13.6 Å². The molecule has 0 spiro atoms. The zero-order valence-corrected chi connectivity index (χ0v) is 13.7. The topological polar surface area (TPSA) is 55.5 Å². The maximum absolute atomic E-state index is 13.2. The van der Waals surface area contributed by atoms with Gasteiger partial charge < -0.3 is 13.9 Å². The average Bonchev–Trinajstić information content (AvgIpc) is 3.05. The summed E-state index contributed by atoms with van der Waals surface area (Å²) >= 11 is 0. The monoisotopic (exact) mass is 340 g/mol. The van der Waals surface area contributed by atoms with E-state index in [0.29, 0.717) is 11.3 Å². The third-order valence-corrected chi connectivity index (χ3v) is 3.75. The van der Waals surface area contributed by atoms with E-state index >= 15 is 0 Å². The quantitative estimate of drug-likeness (QED) is 0.718. The molecule has 0 radical (unpaired) electrons. The number of amides is 1. The number of furan rings is 1. The molecule has 0 aliphatic heterocycles. The molecule has 0 bridgehead atoms. The van der Waals surface area contributed by atoms with Crippen molar-refractivity contribution in [1.82, 2.24) is 9.47 Å². The van der Waals surface area contributed by atoms with Crippen LogP contribution < -0.4 is 5.56 Å². The van der Waals surface area contributed by atoms with Crippen LogP contribution in [-0.2, 0) is 13.1 Å². The molecule has 6 heteroatoms. The molecule has 0 saturated heterocycles. The van der Waals surface area contributed by atoms with Gasteiger partial charge in [0.05, 0.1) is 6.54 Å². The number of benzene rings is 1. The Bertz CT molecular complexity index is 945. The molecule has 0 unspecified atom stereocenters. The number of carbonyl (C=O) groups excluding carboxylic acids is 1. The van der Waals surface area contributed by atoms with Gasteiger partial charge in [-0.1, -0.05) is 18.2 Å². The minimum atomic E-state index is -0.341. The van der Waals surface area contributed by atoms with Gasteiger partial charge in [-0.05, 0) is 35.9 Å². The van der Waals surface area contributed by atoms with Crippen molar-refractivity contribution in [3.63, 3.8) is 0 Å². The minimum absolute atomic E-state index is 0.144. The van der Waals surface area contributed by atoms with Gasteiger partial charge in [-0.25, -0.2) is 4.39 Å². The maximum atomic E-state index is 13.2. The van der Waals surface area contributed by atoms with Crippen molar-refractivity contribution in [3.8, 4) is 0 Å². The summed E-state index contributed by atoms with van der Waals surface area (Å²) in [6.45, 7) is 0.519. The lowest BCUT2D eigenvalue weighted by atomic mass is 10.2. The second kappa shape index (κ2) is 7.17. The van der Waals surface area contributed by atoms with Gasteiger partial charge in [0.25, 0.3) is 11.5 Å². The molecule has 0 atom stereocenters. The Labute approximate surface area is 143 Å². The Balaban J connectivity index is 1.69. The first kappa shape index (κ1) is 16.7. The Morgan fingerprint density at radius 3 is 2.76 bits per heavy atom. The van der Waals surface area contributed by atoms with Crippen LogP contribution in [0.15, 0.2) is 70.0 Å². The van der Waals surface area contributed by atoms with Crippen LogP contribution in [0.1, 0.15) is 21.9 Å². The first-order valence-electron chi connectivity index (χ1n) is 7.77. The van der Waals surface area contributed by atoms with E-state index in [1.54, 1.807) is 49.6 Å². The Hall–Kier alpha value is -3.15. The van der Waals surface area contributed by atoms with Crippen LogP contribution in [0.3, 0.4) is 0 Å². The lowest BCUT2D eigenvalue weighted by Gasteiger charge is -2.15. The first-order valence-corrected chi connectivity index (χ1v) is 7.77. The molecule has 0 N–H and O–H groups in total. The van der Waals surface area contributed by atoms with Crippen LogP contribution >= 0.6 is 0 Å². The summed E-state index contributed by atoms with van der Waals surface area (Å²) in [7, 11) is 1.62. The maximum Gasteiger partial charge on any atom is 0.289 e. The van der Waals surface area contributed by atoms with E-state index in [-0.39, 0.29) is 36.1 Å². The fourth-order valence-corrected chi connectivity index (χ4v) is 2.51. The molecule has 0 fully saturated rings. The van der Waals surface area contributed by atoms with E-state index in [4.69, 9.17) is 4.42 Å². The fourth-order valence-electron chi connectivity index (χ4n) is 2.51. The summed E-state index contributed by atoms with van der Waals surface area (Å²) in [5, 5.41) is 0. The predicted octanol–water partition coefficient (Wildman–Crippen LogP) is 2.90. The average molecular weight is 340 g/mol. The van der Waals surface area contributed by atoms with Crippen molar-refractivity contribution in [3.05, 3.63) is 94.0 Å². The highest BCUT2D eigenvalue weighted by Crippen LogP contribution is 2.13. The highest BCUT2D eigenvalue weighted by Gasteiger charge is 2.16. The molecule has 25 heavy (non-hydrogen) atoms. The summed E-state index contributed by atoms with van der Waals surface area (Å²) in [6.07, 6.45) is 1.66. The summed E-state index contributed by atoms with van der Waals surface area (Å²) in [5.41, 5.74) is 0.550. The van der Waals surface area contributed by atoms with Crippen LogP contribution in [0.2, 0.25) is 0 Å². The standard InChI is InChI=1S/C19H17FN2O3/c1-21(12-14-5-4-6-15(20)11-14)19(24)17-9-8-16(25-17)13-22-10-3-2-7-18(22)23/h2-11H,12-13H2,1H3.